The van der Waals surface area contributed by atoms with Gasteiger partial charge in [0.1, 0.15) is 0 Å². The number of hydrogen-bond donors (Lipinski definition) is 2. The normalized spacial score (nSPS) is 17.0. The minimum atomic E-state index is -0.802. The van der Waals surface area contributed by atoms with E-state index in [4.69, 9.17) is 17.3 Å². The molecule has 2 rings (SSSR count). The minimum absolute atomic E-state index is 0.206. The predicted molar refractivity (Wildman–Crippen MR) is 85.5 cm³/mol. The number of hydrogen-bond acceptors (Lipinski definition) is 4. The van der Waals surface area contributed by atoms with E-state index in [0.717, 1.165) is 44.2 Å². The maximum atomic E-state index is 11.6. The molecule has 3 amide bonds. The van der Waals surface area contributed by atoms with Crippen LogP contribution >= 0.6 is 11.6 Å². The molecule has 1 aromatic carbocycles. The van der Waals surface area contributed by atoms with E-state index in [0.29, 0.717) is 0 Å². The Morgan fingerprint density at radius 1 is 1.09 bits per heavy atom. The Labute approximate surface area is 135 Å². The molecule has 1 aromatic rings. The Morgan fingerprint density at radius 2 is 1.73 bits per heavy atom. The summed E-state index contributed by atoms with van der Waals surface area (Å²) in [4.78, 5) is 26.6. The van der Waals surface area contributed by atoms with E-state index in [9.17, 15) is 9.59 Å². The summed E-state index contributed by atoms with van der Waals surface area (Å²) in [5, 5.41) is 2.84. The summed E-state index contributed by atoms with van der Waals surface area (Å²) in [6.07, 6.45) is 0.984. The van der Waals surface area contributed by atoms with Crippen LogP contribution in [-0.4, -0.2) is 54.5 Å². The second-order valence-corrected chi connectivity index (χ2v) is 5.88. The van der Waals surface area contributed by atoms with Crippen molar-refractivity contribution in [2.24, 2.45) is 5.73 Å². The largest absolute Gasteiger partial charge is 0.351 e. The number of amides is 3. The van der Waals surface area contributed by atoms with Crippen molar-refractivity contribution in [3.8, 4) is 0 Å². The molecule has 6 nitrogen and oxygen atoms in total. The molecule has 0 atom stereocenters. The molecule has 1 aliphatic rings. The van der Waals surface area contributed by atoms with Gasteiger partial charge in [0.15, 0.2) is 0 Å². The number of carbonyl (C=O) groups excluding carboxylic acids is 2. The third-order valence-electron chi connectivity index (χ3n) is 3.63. The quantitative estimate of drug-likeness (QED) is 0.867. The van der Waals surface area contributed by atoms with Gasteiger partial charge in [0.25, 0.3) is 0 Å². The van der Waals surface area contributed by atoms with E-state index in [1.165, 1.54) is 5.56 Å². The van der Waals surface area contributed by atoms with Gasteiger partial charge in [0, 0.05) is 24.7 Å². The topological polar surface area (TPSA) is 78.7 Å². The first-order valence-corrected chi connectivity index (χ1v) is 7.69. The summed E-state index contributed by atoms with van der Waals surface area (Å²) >= 11 is 5.89. The van der Waals surface area contributed by atoms with Crippen molar-refractivity contribution in [1.29, 1.82) is 0 Å². The molecule has 3 N–H and O–H groups in total. The van der Waals surface area contributed by atoms with Crippen LogP contribution in [0.3, 0.4) is 0 Å². The summed E-state index contributed by atoms with van der Waals surface area (Å²) < 4.78 is 0. The molecule has 7 heteroatoms. The summed E-state index contributed by atoms with van der Waals surface area (Å²) in [5.74, 6) is -0.348. The first-order valence-electron chi connectivity index (χ1n) is 7.31. The highest BCUT2D eigenvalue weighted by Crippen LogP contribution is 2.13. The van der Waals surface area contributed by atoms with E-state index < -0.39 is 6.03 Å². The van der Waals surface area contributed by atoms with Gasteiger partial charge >= 0.3 is 6.03 Å². The number of nitrogens with zero attached hydrogens (tertiary/aromatic N) is 2. The average molecular weight is 325 g/mol. The molecule has 0 bridgehead atoms. The molecule has 0 unspecified atom stereocenters. The van der Waals surface area contributed by atoms with Crippen molar-refractivity contribution in [2.75, 3.05) is 32.7 Å². The van der Waals surface area contributed by atoms with E-state index in [-0.39, 0.29) is 12.5 Å². The van der Waals surface area contributed by atoms with Crippen LogP contribution in [-0.2, 0) is 11.3 Å². The lowest BCUT2D eigenvalue weighted by Gasteiger charge is -2.21. The van der Waals surface area contributed by atoms with Crippen LogP contribution in [0.4, 0.5) is 4.79 Å². The third kappa shape index (κ3) is 5.63. The molecule has 120 valence electrons. The molecule has 0 saturated carbocycles. The fourth-order valence-electron chi connectivity index (χ4n) is 2.57. The molecule has 1 heterocycles. The van der Waals surface area contributed by atoms with Crippen molar-refractivity contribution < 1.29 is 9.59 Å². The number of benzene rings is 1. The summed E-state index contributed by atoms with van der Waals surface area (Å²) in [5.41, 5.74) is 6.17. The number of imide groups is 1. The van der Waals surface area contributed by atoms with Gasteiger partial charge in [-0.05, 0) is 37.2 Å². The maximum Gasteiger partial charge on any atom is 0.318 e. The van der Waals surface area contributed by atoms with Crippen molar-refractivity contribution in [1.82, 2.24) is 15.1 Å². The van der Waals surface area contributed by atoms with Crippen LogP contribution in [0.25, 0.3) is 0 Å². The van der Waals surface area contributed by atoms with Crippen LogP contribution < -0.4 is 11.1 Å². The smallest absolute Gasteiger partial charge is 0.318 e. The predicted octanol–water partition coefficient (Wildman–Crippen LogP) is 1.04. The van der Waals surface area contributed by atoms with E-state index in [1.807, 2.05) is 29.2 Å². The highest BCUT2D eigenvalue weighted by Gasteiger charge is 2.17. The standard InChI is InChI=1S/C15H21ClN4O2/c16-13-4-2-12(3-5-13)10-19-6-1-7-20(9-8-19)11-14(21)18-15(17)22/h2-5H,1,6-11H2,(H3,17,18,21,22). The lowest BCUT2D eigenvalue weighted by molar-refractivity contribution is -0.121. The van der Waals surface area contributed by atoms with Crippen molar-refractivity contribution in [2.45, 2.75) is 13.0 Å². The molecule has 1 aliphatic heterocycles. The summed E-state index contributed by atoms with van der Waals surface area (Å²) in [6.45, 7) is 4.57. The van der Waals surface area contributed by atoms with Crippen molar-refractivity contribution >= 4 is 23.5 Å². The zero-order valence-corrected chi connectivity index (χ0v) is 13.2. The van der Waals surface area contributed by atoms with E-state index in [1.54, 1.807) is 0 Å². The van der Waals surface area contributed by atoms with Gasteiger partial charge in [-0.3, -0.25) is 19.9 Å². The molecule has 0 radical (unpaired) electrons. The molecular weight excluding hydrogens is 304 g/mol. The second kappa shape index (κ2) is 8.12. The van der Waals surface area contributed by atoms with Gasteiger partial charge in [-0.2, -0.15) is 0 Å². The first kappa shape index (κ1) is 16.7. The van der Waals surface area contributed by atoms with Crippen LogP contribution in [0.15, 0.2) is 24.3 Å². The second-order valence-electron chi connectivity index (χ2n) is 5.44. The zero-order chi connectivity index (χ0) is 15.9. The fourth-order valence-corrected chi connectivity index (χ4v) is 2.69. The van der Waals surface area contributed by atoms with Crippen LogP contribution in [0, 0.1) is 0 Å². The molecule has 0 aliphatic carbocycles. The van der Waals surface area contributed by atoms with Gasteiger partial charge < -0.3 is 5.73 Å². The zero-order valence-electron chi connectivity index (χ0n) is 12.4. The number of halogens is 1. The number of nitrogens with two attached hydrogens (primary N) is 1. The SMILES string of the molecule is NC(=O)NC(=O)CN1CCCN(Cc2ccc(Cl)cc2)CC1. The number of urea groups is 1. The Balaban J connectivity index is 1.80. The molecule has 1 saturated heterocycles. The van der Waals surface area contributed by atoms with Gasteiger partial charge in [-0.1, -0.05) is 23.7 Å². The van der Waals surface area contributed by atoms with Gasteiger partial charge in [0.05, 0.1) is 6.54 Å². The first-order chi connectivity index (χ1) is 10.5. The molecule has 1 fully saturated rings. The number of carbonyl (C=O) groups is 2. The number of rotatable bonds is 4. The van der Waals surface area contributed by atoms with Gasteiger partial charge in [-0.25, -0.2) is 4.79 Å². The van der Waals surface area contributed by atoms with Gasteiger partial charge in [-0.15, -0.1) is 0 Å². The van der Waals surface area contributed by atoms with Crippen LogP contribution in [0.2, 0.25) is 5.02 Å². The number of nitrogens with one attached hydrogen (secondary N) is 1. The highest BCUT2D eigenvalue weighted by molar-refractivity contribution is 6.30. The third-order valence-corrected chi connectivity index (χ3v) is 3.88. The maximum absolute atomic E-state index is 11.6. The molecule has 22 heavy (non-hydrogen) atoms. The van der Waals surface area contributed by atoms with E-state index in [2.05, 4.69) is 10.2 Å². The fraction of sp³-hybridized carbons (Fsp3) is 0.467. The van der Waals surface area contributed by atoms with Crippen LogP contribution in [0.1, 0.15) is 12.0 Å². The summed E-state index contributed by atoms with van der Waals surface area (Å²) in [6, 6.07) is 7.06. The monoisotopic (exact) mass is 324 g/mol. The minimum Gasteiger partial charge on any atom is -0.351 e. The van der Waals surface area contributed by atoms with E-state index >= 15 is 0 Å². The Morgan fingerprint density at radius 3 is 2.41 bits per heavy atom. The highest BCUT2D eigenvalue weighted by atomic mass is 35.5. The Hall–Kier alpha value is -1.63. The van der Waals surface area contributed by atoms with Crippen LogP contribution in [0.5, 0.6) is 0 Å². The van der Waals surface area contributed by atoms with Crippen molar-refractivity contribution in [3.05, 3.63) is 34.9 Å². The molecule has 0 spiro atoms. The lowest BCUT2D eigenvalue weighted by Crippen LogP contribution is -2.43. The Bertz CT molecular complexity index is 521. The van der Waals surface area contributed by atoms with Crippen molar-refractivity contribution in [3.63, 3.8) is 0 Å². The molecular formula is C15H21ClN4O2. The van der Waals surface area contributed by atoms with Gasteiger partial charge in [0.2, 0.25) is 5.91 Å². The summed E-state index contributed by atoms with van der Waals surface area (Å²) in [7, 11) is 0. The Kier molecular flexibility index (Phi) is 6.18. The molecule has 0 aromatic heterocycles. The number of primary amides is 1. The lowest BCUT2D eigenvalue weighted by atomic mass is 10.2. The average Bonchev–Trinajstić information content (AvgIpc) is 2.66.